The first-order valence-corrected chi connectivity index (χ1v) is 10.5. The van der Waals surface area contributed by atoms with Crippen LogP contribution in [0.4, 0.5) is 5.69 Å². The maximum Gasteiger partial charge on any atom is 0.251 e. The van der Waals surface area contributed by atoms with Gasteiger partial charge in [-0.15, -0.1) is 0 Å². The number of hydrogen-bond donors (Lipinski definition) is 1. The van der Waals surface area contributed by atoms with Gasteiger partial charge in [0.15, 0.2) is 5.82 Å². The van der Waals surface area contributed by atoms with Crippen molar-refractivity contribution in [2.45, 2.75) is 13.0 Å². The maximum atomic E-state index is 13.2. The van der Waals surface area contributed by atoms with E-state index >= 15 is 0 Å². The van der Waals surface area contributed by atoms with Crippen LogP contribution in [0, 0.1) is 0 Å². The van der Waals surface area contributed by atoms with Gasteiger partial charge in [0, 0.05) is 30.7 Å². The van der Waals surface area contributed by atoms with Crippen molar-refractivity contribution in [3.8, 4) is 0 Å². The second-order valence-electron chi connectivity index (χ2n) is 7.46. The molecule has 0 unspecified atom stereocenters. The van der Waals surface area contributed by atoms with Gasteiger partial charge in [0.1, 0.15) is 0 Å². The Hall–Kier alpha value is -4.39. The first-order valence-electron chi connectivity index (χ1n) is 10.5. The van der Waals surface area contributed by atoms with Crippen LogP contribution in [0.15, 0.2) is 85.2 Å². The second kappa shape index (κ2) is 9.82. The highest BCUT2D eigenvalue weighted by atomic mass is 16.2. The molecule has 0 bridgehead atoms. The predicted octanol–water partition coefficient (Wildman–Crippen LogP) is 3.80. The predicted molar refractivity (Wildman–Crippen MR) is 126 cm³/mol. The lowest BCUT2D eigenvalue weighted by atomic mass is 10.1. The average Bonchev–Trinajstić information content (AvgIpc) is 2.87. The molecule has 33 heavy (non-hydrogen) atoms. The van der Waals surface area contributed by atoms with Crippen LogP contribution in [0.25, 0.3) is 10.8 Å². The van der Waals surface area contributed by atoms with E-state index in [1.165, 1.54) is 12.4 Å². The van der Waals surface area contributed by atoms with Gasteiger partial charge in [-0.1, -0.05) is 36.4 Å². The molecule has 7 heteroatoms. The topological polar surface area (TPSA) is 92.3 Å². The molecule has 0 saturated carbocycles. The van der Waals surface area contributed by atoms with Gasteiger partial charge in [-0.3, -0.25) is 14.4 Å². The van der Waals surface area contributed by atoms with Crippen LogP contribution in [-0.4, -0.2) is 34.6 Å². The molecule has 0 aliphatic heterocycles. The first kappa shape index (κ1) is 21.8. The molecule has 3 aromatic carbocycles. The number of hydrogen-bond acceptors (Lipinski definition) is 5. The minimum Gasteiger partial charge on any atom is -0.355 e. The zero-order chi connectivity index (χ0) is 23.2. The van der Waals surface area contributed by atoms with E-state index in [4.69, 9.17) is 0 Å². The van der Waals surface area contributed by atoms with Crippen molar-refractivity contribution in [2.24, 2.45) is 0 Å². The monoisotopic (exact) mass is 438 g/mol. The number of nitrogens with zero attached hydrogens (tertiary/aromatic N) is 3. The normalized spacial score (nSPS) is 10.6. The quantitative estimate of drug-likeness (QED) is 0.350. The molecule has 0 atom stereocenters. The zero-order valence-electron chi connectivity index (χ0n) is 18.1. The highest BCUT2D eigenvalue weighted by Crippen LogP contribution is 2.22. The highest BCUT2D eigenvalue weighted by molar-refractivity contribution is 6.10. The van der Waals surface area contributed by atoms with Crippen LogP contribution in [0.2, 0.25) is 0 Å². The van der Waals surface area contributed by atoms with Crippen molar-refractivity contribution in [1.82, 2.24) is 15.3 Å². The standard InChI is InChI=1S/C26H22N4O3/c1-27-26(33)20-9-11-22(12-10-20)30(24(32)16-23(31)25-28-13-4-14-29-25)17-18-7-8-19-5-2-3-6-21(19)15-18/h2-15H,16-17H2,1H3,(H,27,33). The third kappa shape index (κ3) is 5.10. The molecule has 0 aliphatic carbocycles. The Kier molecular flexibility index (Phi) is 6.50. The largest absolute Gasteiger partial charge is 0.355 e. The molecule has 0 spiro atoms. The summed E-state index contributed by atoms with van der Waals surface area (Å²) in [6.07, 6.45) is 2.57. The van der Waals surface area contributed by atoms with E-state index in [9.17, 15) is 14.4 Å². The van der Waals surface area contributed by atoms with Gasteiger partial charge in [-0.2, -0.15) is 0 Å². The summed E-state index contributed by atoms with van der Waals surface area (Å²) in [5.74, 6) is -1.05. The van der Waals surface area contributed by atoms with Crippen LogP contribution in [0.1, 0.15) is 33.0 Å². The van der Waals surface area contributed by atoms with Gasteiger partial charge >= 0.3 is 0 Å². The summed E-state index contributed by atoms with van der Waals surface area (Å²) in [7, 11) is 1.56. The van der Waals surface area contributed by atoms with Gasteiger partial charge in [0.2, 0.25) is 11.7 Å². The molecular formula is C26H22N4O3. The minimum atomic E-state index is -0.453. The zero-order valence-corrected chi connectivity index (χ0v) is 18.1. The van der Waals surface area contributed by atoms with Gasteiger partial charge in [-0.25, -0.2) is 9.97 Å². The van der Waals surface area contributed by atoms with Crippen molar-refractivity contribution in [3.63, 3.8) is 0 Å². The molecule has 0 saturated heterocycles. The second-order valence-corrected chi connectivity index (χ2v) is 7.46. The molecule has 164 valence electrons. The number of benzene rings is 3. The molecule has 1 N–H and O–H groups in total. The SMILES string of the molecule is CNC(=O)c1ccc(N(Cc2ccc3ccccc3c2)C(=O)CC(=O)c2ncccn2)cc1. The fourth-order valence-electron chi connectivity index (χ4n) is 3.54. The van der Waals surface area contributed by atoms with Gasteiger partial charge in [0.25, 0.3) is 5.91 Å². The van der Waals surface area contributed by atoms with Crippen LogP contribution >= 0.6 is 0 Å². The Bertz CT molecular complexity index is 1300. The number of aromatic nitrogens is 2. The van der Waals surface area contributed by atoms with Gasteiger partial charge in [-0.05, 0) is 52.7 Å². The van der Waals surface area contributed by atoms with E-state index in [1.807, 2.05) is 42.5 Å². The van der Waals surface area contributed by atoms with Crippen LogP contribution in [-0.2, 0) is 11.3 Å². The van der Waals surface area contributed by atoms with Crippen LogP contribution < -0.4 is 10.2 Å². The van der Waals surface area contributed by atoms with Crippen molar-refractivity contribution < 1.29 is 14.4 Å². The molecule has 2 amide bonds. The summed E-state index contributed by atoms with van der Waals surface area (Å²) in [6.45, 7) is 0.270. The number of carbonyl (C=O) groups is 3. The summed E-state index contributed by atoms with van der Waals surface area (Å²) in [5.41, 5.74) is 1.98. The lowest BCUT2D eigenvalue weighted by molar-refractivity contribution is -0.117. The highest BCUT2D eigenvalue weighted by Gasteiger charge is 2.22. The molecule has 4 aromatic rings. The molecule has 0 radical (unpaired) electrons. The van der Waals surface area contributed by atoms with Gasteiger partial charge < -0.3 is 10.2 Å². The lowest BCUT2D eigenvalue weighted by Crippen LogP contribution is -2.32. The Morgan fingerprint density at radius 3 is 2.24 bits per heavy atom. The van der Waals surface area contributed by atoms with Crippen molar-refractivity contribution in [3.05, 3.63) is 102 Å². The molecule has 0 fully saturated rings. The summed E-state index contributed by atoms with van der Waals surface area (Å²) >= 11 is 0. The van der Waals surface area contributed by atoms with Crippen LogP contribution in [0.3, 0.4) is 0 Å². The summed E-state index contributed by atoms with van der Waals surface area (Å²) in [5, 5.41) is 4.74. The molecule has 1 aromatic heterocycles. The number of fused-ring (bicyclic) bond motifs is 1. The summed E-state index contributed by atoms with van der Waals surface area (Å²) in [4.78, 5) is 47.1. The Balaban J connectivity index is 1.63. The Morgan fingerprint density at radius 2 is 1.55 bits per heavy atom. The van der Waals surface area contributed by atoms with E-state index in [0.29, 0.717) is 11.3 Å². The number of nitrogens with one attached hydrogen (secondary N) is 1. The number of amides is 2. The maximum absolute atomic E-state index is 13.2. The number of ketones is 1. The minimum absolute atomic E-state index is 0.00599. The van der Waals surface area contributed by atoms with E-state index < -0.39 is 5.78 Å². The number of rotatable bonds is 7. The first-order chi connectivity index (χ1) is 16.0. The number of anilines is 1. The summed E-state index contributed by atoms with van der Waals surface area (Å²) in [6, 6.07) is 22.3. The van der Waals surface area contributed by atoms with Crippen LogP contribution in [0.5, 0.6) is 0 Å². The Labute approximate surface area is 191 Å². The third-order valence-corrected chi connectivity index (χ3v) is 5.25. The molecule has 7 nitrogen and oxygen atoms in total. The molecular weight excluding hydrogens is 416 g/mol. The number of carbonyl (C=O) groups excluding carboxylic acids is 3. The molecule has 0 aliphatic rings. The van der Waals surface area contributed by atoms with E-state index in [2.05, 4.69) is 15.3 Å². The lowest BCUT2D eigenvalue weighted by Gasteiger charge is -2.23. The average molecular weight is 438 g/mol. The smallest absolute Gasteiger partial charge is 0.251 e. The van der Waals surface area contributed by atoms with E-state index in [1.54, 1.807) is 42.3 Å². The fourth-order valence-corrected chi connectivity index (χ4v) is 3.54. The Morgan fingerprint density at radius 1 is 0.848 bits per heavy atom. The van der Waals surface area contributed by atoms with E-state index in [0.717, 1.165) is 16.3 Å². The third-order valence-electron chi connectivity index (χ3n) is 5.25. The molecule has 4 rings (SSSR count). The van der Waals surface area contributed by atoms with E-state index in [-0.39, 0.29) is 30.6 Å². The van der Waals surface area contributed by atoms with Crippen molar-refractivity contribution in [2.75, 3.05) is 11.9 Å². The van der Waals surface area contributed by atoms with Crippen molar-refractivity contribution >= 4 is 34.1 Å². The van der Waals surface area contributed by atoms with Gasteiger partial charge in [0.05, 0.1) is 13.0 Å². The molecule has 1 heterocycles. The fraction of sp³-hybridized carbons (Fsp3) is 0.115. The number of Topliss-reactive ketones (excluding diaryl/α,β-unsaturated/α-hetero) is 1. The van der Waals surface area contributed by atoms with Crippen molar-refractivity contribution in [1.29, 1.82) is 0 Å². The summed E-state index contributed by atoms with van der Waals surface area (Å²) < 4.78 is 0.